The molecule has 0 aromatic carbocycles. The number of thiazole rings is 1. The fraction of sp³-hybridized carbons (Fsp3) is 0.500. The van der Waals surface area contributed by atoms with E-state index in [1.54, 1.807) is 6.92 Å². The van der Waals surface area contributed by atoms with Crippen molar-refractivity contribution >= 4 is 17.3 Å². The van der Waals surface area contributed by atoms with Crippen molar-refractivity contribution in [3.8, 4) is 0 Å². The molecule has 0 saturated carbocycles. The lowest BCUT2D eigenvalue weighted by molar-refractivity contribution is 0.0519. The molecule has 0 bridgehead atoms. The Bertz CT molecular complexity index is 309. The molecule has 13 heavy (non-hydrogen) atoms. The number of rotatable bonds is 3. The van der Waals surface area contributed by atoms with Gasteiger partial charge in [0, 0.05) is 6.54 Å². The Labute approximate surface area is 80.7 Å². The van der Waals surface area contributed by atoms with Crippen LogP contribution in [-0.2, 0) is 11.3 Å². The van der Waals surface area contributed by atoms with Crippen LogP contribution in [0.2, 0.25) is 0 Å². The Morgan fingerprint density at radius 3 is 2.92 bits per heavy atom. The summed E-state index contributed by atoms with van der Waals surface area (Å²) in [6, 6.07) is 0. The SMILES string of the molecule is CCOC(=O)c1nc(C)sc1CN. The summed E-state index contributed by atoms with van der Waals surface area (Å²) >= 11 is 1.43. The van der Waals surface area contributed by atoms with E-state index in [0.29, 0.717) is 18.8 Å². The highest BCUT2D eigenvalue weighted by molar-refractivity contribution is 7.11. The predicted molar refractivity (Wildman–Crippen MR) is 50.7 cm³/mol. The summed E-state index contributed by atoms with van der Waals surface area (Å²) in [7, 11) is 0. The normalized spacial score (nSPS) is 10.1. The van der Waals surface area contributed by atoms with Crippen molar-refractivity contribution in [2.24, 2.45) is 5.73 Å². The quantitative estimate of drug-likeness (QED) is 0.742. The fourth-order valence-corrected chi connectivity index (χ4v) is 1.77. The number of nitrogens with two attached hydrogens (primary N) is 1. The molecule has 0 aliphatic rings. The number of ether oxygens (including phenoxy) is 1. The molecule has 0 aliphatic heterocycles. The summed E-state index contributed by atoms with van der Waals surface area (Å²) in [4.78, 5) is 16.2. The molecule has 0 fully saturated rings. The van der Waals surface area contributed by atoms with Gasteiger partial charge in [-0.1, -0.05) is 0 Å². The van der Waals surface area contributed by atoms with Gasteiger partial charge >= 0.3 is 5.97 Å². The first-order valence-corrected chi connectivity index (χ1v) is 4.84. The first-order valence-electron chi connectivity index (χ1n) is 4.02. The lowest BCUT2D eigenvalue weighted by Crippen LogP contribution is -2.09. The topological polar surface area (TPSA) is 65.2 Å². The van der Waals surface area contributed by atoms with Gasteiger partial charge in [0.2, 0.25) is 0 Å². The third-order valence-electron chi connectivity index (χ3n) is 1.46. The highest BCUT2D eigenvalue weighted by atomic mass is 32.1. The van der Waals surface area contributed by atoms with Crippen LogP contribution in [0.15, 0.2) is 0 Å². The van der Waals surface area contributed by atoms with Gasteiger partial charge in [-0.05, 0) is 13.8 Å². The molecule has 1 rings (SSSR count). The summed E-state index contributed by atoms with van der Waals surface area (Å²) in [5.74, 6) is -0.382. The monoisotopic (exact) mass is 200 g/mol. The molecule has 0 amide bonds. The second-order valence-electron chi connectivity index (χ2n) is 2.43. The third kappa shape index (κ3) is 2.26. The predicted octanol–water partition coefficient (Wildman–Crippen LogP) is 1.09. The van der Waals surface area contributed by atoms with Gasteiger partial charge in [-0.2, -0.15) is 0 Å². The molecule has 4 nitrogen and oxygen atoms in total. The Morgan fingerprint density at radius 1 is 1.69 bits per heavy atom. The first-order chi connectivity index (χ1) is 6.19. The molecule has 0 aliphatic carbocycles. The van der Waals surface area contributed by atoms with Crippen LogP contribution >= 0.6 is 11.3 Å². The zero-order chi connectivity index (χ0) is 9.84. The highest BCUT2D eigenvalue weighted by Crippen LogP contribution is 2.17. The zero-order valence-corrected chi connectivity index (χ0v) is 8.48. The van der Waals surface area contributed by atoms with E-state index < -0.39 is 0 Å². The van der Waals surface area contributed by atoms with Gasteiger partial charge in [-0.15, -0.1) is 11.3 Å². The number of carbonyl (C=O) groups is 1. The standard InChI is InChI=1S/C8H12N2O2S/c1-3-12-8(11)7-6(4-9)13-5(2)10-7/h3-4,9H2,1-2H3. The molecule has 0 radical (unpaired) electrons. The van der Waals surface area contributed by atoms with Crippen molar-refractivity contribution in [2.75, 3.05) is 6.61 Å². The molecule has 2 N–H and O–H groups in total. The van der Waals surface area contributed by atoms with Gasteiger partial charge in [0.1, 0.15) is 0 Å². The first kappa shape index (κ1) is 10.1. The number of aryl methyl sites for hydroxylation is 1. The molecule has 5 heteroatoms. The highest BCUT2D eigenvalue weighted by Gasteiger charge is 2.16. The lowest BCUT2D eigenvalue weighted by Gasteiger charge is -1.99. The summed E-state index contributed by atoms with van der Waals surface area (Å²) < 4.78 is 4.83. The molecule has 0 spiro atoms. The van der Waals surface area contributed by atoms with Crippen LogP contribution < -0.4 is 5.73 Å². The minimum atomic E-state index is -0.382. The summed E-state index contributed by atoms with van der Waals surface area (Å²) in [6.07, 6.45) is 0. The van der Waals surface area contributed by atoms with Gasteiger partial charge in [0.05, 0.1) is 16.5 Å². The number of hydrogen-bond acceptors (Lipinski definition) is 5. The molecule has 1 aromatic heterocycles. The van der Waals surface area contributed by atoms with Crippen LogP contribution in [0.5, 0.6) is 0 Å². The van der Waals surface area contributed by atoms with Gasteiger partial charge in [0.15, 0.2) is 5.69 Å². The average Bonchev–Trinajstić information content (AvgIpc) is 2.47. The van der Waals surface area contributed by atoms with Crippen molar-refractivity contribution in [1.29, 1.82) is 0 Å². The van der Waals surface area contributed by atoms with E-state index in [2.05, 4.69) is 4.98 Å². The van der Waals surface area contributed by atoms with Crippen LogP contribution in [0.3, 0.4) is 0 Å². The Morgan fingerprint density at radius 2 is 2.38 bits per heavy atom. The molecule has 0 atom stereocenters. The molecule has 1 aromatic rings. The van der Waals surface area contributed by atoms with E-state index in [-0.39, 0.29) is 5.97 Å². The van der Waals surface area contributed by atoms with Gasteiger partial charge in [0.25, 0.3) is 0 Å². The molecule has 72 valence electrons. The number of nitrogens with zero attached hydrogens (tertiary/aromatic N) is 1. The Hall–Kier alpha value is -0.940. The molecule has 1 heterocycles. The van der Waals surface area contributed by atoms with Crippen LogP contribution in [0.1, 0.15) is 27.3 Å². The van der Waals surface area contributed by atoms with Gasteiger partial charge < -0.3 is 10.5 Å². The van der Waals surface area contributed by atoms with Crippen LogP contribution in [0, 0.1) is 6.92 Å². The van der Waals surface area contributed by atoms with E-state index in [1.807, 2.05) is 6.92 Å². The Kier molecular flexibility index (Phi) is 3.39. The maximum Gasteiger partial charge on any atom is 0.358 e. The summed E-state index contributed by atoms with van der Waals surface area (Å²) in [6.45, 7) is 4.30. The van der Waals surface area contributed by atoms with Crippen molar-refractivity contribution in [3.63, 3.8) is 0 Å². The smallest absolute Gasteiger partial charge is 0.358 e. The van der Waals surface area contributed by atoms with E-state index >= 15 is 0 Å². The maximum atomic E-state index is 11.3. The van der Waals surface area contributed by atoms with E-state index in [1.165, 1.54) is 11.3 Å². The second-order valence-corrected chi connectivity index (χ2v) is 3.72. The van der Waals surface area contributed by atoms with Crippen molar-refractivity contribution in [2.45, 2.75) is 20.4 Å². The van der Waals surface area contributed by atoms with Crippen molar-refractivity contribution in [1.82, 2.24) is 4.98 Å². The van der Waals surface area contributed by atoms with Crippen molar-refractivity contribution < 1.29 is 9.53 Å². The molecular weight excluding hydrogens is 188 g/mol. The Balaban J connectivity index is 2.91. The molecule has 0 unspecified atom stereocenters. The number of esters is 1. The summed E-state index contributed by atoms with van der Waals surface area (Å²) in [5.41, 5.74) is 5.83. The van der Waals surface area contributed by atoms with Crippen LogP contribution in [0.25, 0.3) is 0 Å². The number of hydrogen-bond donors (Lipinski definition) is 1. The lowest BCUT2D eigenvalue weighted by atomic mass is 10.3. The zero-order valence-electron chi connectivity index (χ0n) is 7.66. The van der Waals surface area contributed by atoms with Crippen LogP contribution in [0.4, 0.5) is 0 Å². The second kappa shape index (κ2) is 4.34. The third-order valence-corrected chi connectivity index (χ3v) is 2.45. The average molecular weight is 200 g/mol. The number of aromatic nitrogens is 1. The largest absolute Gasteiger partial charge is 0.461 e. The maximum absolute atomic E-state index is 11.3. The van der Waals surface area contributed by atoms with Crippen molar-refractivity contribution in [3.05, 3.63) is 15.6 Å². The molecule has 0 saturated heterocycles. The minimum absolute atomic E-state index is 0.333. The van der Waals surface area contributed by atoms with E-state index in [4.69, 9.17) is 10.5 Å². The number of carbonyl (C=O) groups excluding carboxylic acids is 1. The van der Waals surface area contributed by atoms with Gasteiger partial charge in [-0.25, -0.2) is 9.78 Å². The van der Waals surface area contributed by atoms with Crippen LogP contribution in [-0.4, -0.2) is 17.6 Å². The van der Waals surface area contributed by atoms with Gasteiger partial charge in [-0.3, -0.25) is 0 Å². The fourth-order valence-electron chi connectivity index (χ4n) is 0.967. The van der Waals surface area contributed by atoms with E-state index in [0.717, 1.165) is 9.88 Å². The summed E-state index contributed by atoms with van der Waals surface area (Å²) in [5, 5.41) is 0.837. The minimum Gasteiger partial charge on any atom is -0.461 e. The molecular formula is C8H12N2O2S. The van der Waals surface area contributed by atoms with E-state index in [9.17, 15) is 4.79 Å².